The van der Waals surface area contributed by atoms with E-state index in [1.165, 1.54) is 37.0 Å². The Hall–Kier alpha value is -0.830. The van der Waals surface area contributed by atoms with Crippen LogP contribution in [0, 0.1) is 5.92 Å². The van der Waals surface area contributed by atoms with Crippen LogP contribution in [0.5, 0.6) is 5.75 Å². The average molecular weight is 238 g/mol. The highest BCUT2D eigenvalue weighted by atomic mass is 32.1. The van der Waals surface area contributed by atoms with Crippen molar-refractivity contribution in [3.05, 3.63) is 16.3 Å². The van der Waals surface area contributed by atoms with Gasteiger partial charge in [0.2, 0.25) is 0 Å². The van der Waals surface area contributed by atoms with Crippen LogP contribution in [-0.4, -0.2) is 12.9 Å². The molecule has 1 heterocycles. The summed E-state index contributed by atoms with van der Waals surface area (Å²) in [5.74, 6) is 1.39. The molecule has 0 atom stereocenters. The molecule has 1 saturated carbocycles. The van der Waals surface area contributed by atoms with E-state index in [1.807, 2.05) is 11.4 Å². The van der Waals surface area contributed by atoms with Crippen LogP contribution in [0.4, 0.5) is 0 Å². The number of ether oxygens (including phenoxy) is 1. The Labute approximate surface area is 101 Å². The quantitative estimate of drug-likeness (QED) is 0.589. The summed E-state index contributed by atoms with van der Waals surface area (Å²) in [4.78, 5) is 13.1. The Kier molecular flexibility index (Phi) is 3.99. The third-order valence-electron chi connectivity index (χ3n) is 3.28. The van der Waals surface area contributed by atoms with E-state index in [4.69, 9.17) is 4.74 Å². The average Bonchev–Trinajstić information content (AvgIpc) is 2.62. The molecule has 1 aromatic rings. The van der Waals surface area contributed by atoms with E-state index in [0.717, 1.165) is 23.5 Å². The standard InChI is InChI=1S/C13H18O2S/c1-15-11-8-12(16-9-11)13(14)10-6-4-2-3-5-7-10/h8-10H,2-7H2,1H3. The lowest BCUT2D eigenvalue weighted by molar-refractivity contribution is 0.0912. The van der Waals surface area contributed by atoms with E-state index in [2.05, 4.69) is 0 Å². The fourth-order valence-electron chi connectivity index (χ4n) is 2.30. The zero-order valence-corrected chi connectivity index (χ0v) is 10.5. The van der Waals surface area contributed by atoms with Crippen molar-refractivity contribution in [3.8, 4) is 5.75 Å². The van der Waals surface area contributed by atoms with Gasteiger partial charge in [-0.2, -0.15) is 0 Å². The van der Waals surface area contributed by atoms with E-state index in [-0.39, 0.29) is 5.92 Å². The summed E-state index contributed by atoms with van der Waals surface area (Å²) < 4.78 is 5.12. The van der Waals surface area contributed by atoms with Crippen molar-refractivity contribution in [1.82, 2.24) is 0 Å². The van der Waals surface area contributed by atoms with Gasteiger partial charge < -0.3 is 4.74 Å². The number of Topliss-reactive ketones (excluding diaryl/α,β-unsaturated/α-hetero) is 1. The van der Waals surface area contributed by atoms with Crippen molar-refractivity contribution in [2.45, 2.75) is 38.5 Å². The maximum absolute atomic E-state index is 12.2. The molecule has 1 fully saturated rings. The first kappa shape index (κ1) is 11.6. The van der Waals surface area contributed by atoms with Crippen molar-refractivity contribution in [2.24, 2.45) is 5.92 Å². The SMILES string of the molecule is COc1csc(C(=O)C2CCCCCC2)c1. The molecule has 88 valence electrons. The lowest BCUT2D eigenvalue weighted by atomic mass is 9.94. The fourth-order valence-corrected chi connectivity index (χ4v) is 3.17. The summed E-state index contributed by atoms with van der Waals surface area (Å²) >= 11 is 1.51. The first-order valence-corrected chi connectivity index (χ1v) is 6.86. The van der Waals surface area contributed by atoms with E-state index in [9.17, 15) is 4.79 Å². The van der Waals surface area contributed by atoms with Gasteiger partial charge in [-0.1, -0.05) is 25.7 Å². The Morgan fingerprint density at radius 3 is 2.56 bits per heavy atom. The molecule has 0 aromatic carbocycles. The predicted octanol–water partition coefficient (Wildman–Crippen LogP) is 3.91. The van der Waals surface area contributed by atoms with Gasteiger partial charge in [0.1, 0.15) is 5.75 Å². The van der Waals surface area contributed by atoms with Crippen molar-refractivity contribution >= 4 is 17.1 Å². The maximum atomic E-state index is 12.2. The smallest absolute Gasteiger partial charge is 0.175 e. The first-order chi connectivity index (χ1) is 7.81. The van der Waals surface area contributed by atoms with E-state index in [0.29, 0.717) is 5.78 Å². The summed E-state index contributed by atoms with van der Waals surface area (Å²) in [7, 11) is 1.64. The largest absolute Gasteiger partial charge is 0.496 e. The Morgan fingerprint density at radius 1 is 1.31 bits per heavy atom. The molecule has 1 aliphatic rings. The second-order valence-electron chi connectivity index (χ2n) is 4.40. The van der Waals surface area contributed by atoms with Crippen LogP contribution in [0.2, 0.25) is 0 Å². The molecule has 2 rings (SSSR count). The van der Waals surface area contributed by atoms with Crippen molar-refractivity contribution in [2.75, 3.05) is 7.11 Å². The minimum Gasteiger partial charge on any atom is -0.496 e. The zero-order chi connectivity index (χ0) is 11.4. The third kappa shape index (κ3) is 2.64. The van der Waals surface area contributed by atoms with Gasteiger partial charge in [0.25, 0.3) is 0 Å². The molecule has 0 saturated heterocycles. The second-order valence-corrected chi connectivity index (χ2v) is 5.31. The number of ketones is 1. The molecular formula is C13H18O2S. The van der Waals surface area contributed by atoms with Crippen LogP contribution in [0.1, 0.15) is 48.2 Å². The molecule has 0 amide bonds. The number of methoxy groups -OCH3 is 1. The molecule has 1 aromatic heterocycles. The molecule has 2 nitrogen and oxygen atoms in total. The van der Waals surface area contributed by atoms with Gasteiger partial charge >= 0.3 is 0 Å². The first-order valence-electron chi connectivity index (χ1n) is 5.98. The van der Waals surface area contributed by atoms with E-state index in [1.54, 1.807) is 7.11 Å². The Bertz CT molecular complexity index is 349. The minimum atomic E-state index is 0.255. The van der Waals surface area contributed by atoms with Crippen molar-refractivity contribution in [3.63, 3.8) is 0 Å². The monoisotopic (exact) mass is 238 g/mol. The van der Waals surface area contributed by atoms with Gasteiger partial charge in [0, 0.05) is 17.4 Å². The molecular weight excluding hydrogens is 220 g/mol. The van der Waals surface area contributed by atoms with Crippen LogP contribution in [0.15, 0.2) is 11.4 Å². The highest BCUT2D eigenvalue weighted by Gasteiger charge is 2.22. The number of carbonyl (C=O) groups excluding carboxylic acids is 1. The fraction of sp³-hybridized carbons (Fsp3) is 0.615. The topological polar surface area (TPSA) is 26.3 Å². The third-order valence-corrected chi connectivity index (χ3v) is 4.20. The van der Waals surface area contributed by atoms with Crippen molar-refractivity contribution < 1.29 is 9.53 Å². The Morgan fingerprint density at radius 2 is 2.00 bits per heavy atom. The molecule has 0 N–H and O–H groups in total. The van der Waals surface area contributed by atoms with Crippen molar-refractivity contribution in [1.29, 1.82) is 0 Å². The summed E-state index contributed by atoms with van der Waals surface area (Å²) in [5.41, 5.74) is 0. The zero-order valence-electron chi connectivity index (χ0n) is 9.70. The molecule has 3 heteroatoms. The maximum Gasteiger partial charge on any atom is 0.175 e. The molecule has 0 radical (unpaired) electrons. The highest BCUT2D eigenvalue weighted by molar-refractivity contribution is 7.12. The van der Waals surface area contributed by atoms with Gasteiger partial charge in [0.05, 0.1) is 12.0 Å². The molecule has 0 spiro atoms. The van der Waals surface area contributed by atoms with E-state index < -0.39 is 0 Å². The highest BCUT2D eigenvalue weighted by Crippen LogP contribution is 2.30. The Balaban J connectivity index is 2.05. The summed E-state index contributed by atoms with van der Waals surface area (Å²) in [6.45, 7) is 0. The van der Waals surface area contributed by atoms with Gasteiger partial charge in [-0.25, -0.2) is 0 Å². The second kappa shape index (κ2) is 5.48. The molecule has 0 unspecified atom stereocenters. The number of rotatable bonds is 3. The van der Waals surface area contributed by atoms with Gasteiger partial charge in [-0.15, -0.1) is 11.3 Å². The van der Waals surface area contributed by atoms with E-state index >= 15 is 0 Å². The number of hydrogen-bond acceptors (Lipinski definition) is 3. The van der Waals surface area contributed by atoms with Crippen LogP contribution < -0.4 is 4.74 Å². The normalized spacial score (nSPS) is 18.1. The van der Waals surface area contributed by atoms with Crippen LogP contribution in [0.3, 0.4) is 0 Å². The number of hydrogen-bond donors (Lipinski definition) is 0. The van der Waals surface area contributed by atoms with Crippen LogP contribution in [0.25, 0.3) is 0 Å². The summed E-state index contributed by atoms with van der Waals surface area (Å²) in [6, 6.07) is 1.87. The van der Waals surface area contributed by atoms with Gasteiger partial charge in [0.15, 0.2) is 5.78 Å². The molecule has 0 aliphatic heterocycles. The summed E-state index contributed by atoms with van der Waals surface area (Å²) in [5, 5.41) is 1.91. The lowest BCUT2D eigenvalue weighted by Gasteiger charge is -2.10. The molecule has 16 heavy (non-hydrogen) atoms. The minimum absolute atomic E-state index is 0.255. The van der Waals surface area contributed by atoms with Crippen LogP contribution >= 0.6 is 11.3 Å². The lowest BCUT2D eigenvalue weighted by Crippen LogP contribution is -2.12. The molecule has 1 aliphatic carbocycles. The summed E-state index contributed by atoms with van der Waals surface area (Å²) in [6.07, 6.45) is 7.13. The van der Waals surface area contributed by atoms with Gasteiger partial charge in [-0.3, -0.25) is 4.79 Å². The molecule has 0 bridgehead atoms. The van der Waals surface area contributed by atoms with Crippen LogP contribution in [-0.2, 0) is 0 Å². The number of thiophene rings is 1. The number of carbonyl (C=O) groups is 1. The van der Waals surface area contributed by atoms with Gasteiger partial charge in [-0.05, 0) is 12.8 Å². The predicted molar refractivity (Wildman–Crippen MR) is 66.4 cm³/mol.